The largest absolute Gasteiger partial charge is 0.382 e. The number of hydrogen-bond acceptors (Lipinski definition) is 5. The molecule has 0 heterocycles. The van der Waals surface area contributed by atoms with Crippen LogP contribution in [0, 0.1) is 5.92 Å². The molecule has 152 valence electrons. The Morgan fingerprint density at radius 1 is 1.23 bits per heavy atom. The average Bonchev–Trinajstić information content (AvgIpc) is 3.10. The maximum atomic E-state index is 12.3. The van der Waals surface area contributed by atoms with E-state index < -0.39 is 30.0 Å². The second kappa shape index (κ2) is 12.1. The summed E-state index contributed by atoms with van der Waals surface area (Å²) in [4.78, 5) is 37.8. The van der Waals surface area contributed by atoms with Crippen LogP contribution in [0.5, 0.6) is 0 Å². The van der Waals surface area contributed by atoms with Gasteiger partial charge >= 0.3 is 0 Å². The van der Waals surface area contributed by atoms with E-state index in [2.05, 4.69) is 10.6 Å². The van der Waals surface area contributed by atoms with Crippen LogP contribution in [0.15, 0.2) is 0 Å². The van der Waals surface area contributed by atoms with Crippen molar-refractivity contribution >= 4 is 30.1 Å². The first-order valence-electron chi connectivity index (χ1n) is 8.99. The van der Waals surface area contributed by atoms with Crippen molar-refractivity contribution in [3.05, 3.63) is 0 Å². The molecule has 0 aromatic heterocycles. The summed E-state index contributed by atoms with van der Waals surface area (Å²) >= 11 is 0. The molecular formula is C17H33ClN4O4. The minimum absolute atomic E-state index is 0. The predicted molar refractivity (Wildman–Crippen MR) is 102 cm³/mol. The first-order chi connectivity index (χ1) is 11.8. The fraction of sp³-hybridized carbons (Fsp3) is 0.824. The van der Waals surface area contributed by atoms with Gasteiger partial charge in [0, 0.05) is 20.1 Å². The number of nitrogens with two attached hydrogens (primary N) is 1. The molecule has 1 aliphatic carbocycles. The van der Waals surface area contributed by atoms with Crippen LogP contribution in [0.25, 0.3) is 0 Å². The first kappa shape index (κ1) is 24.6. The van der Waals surface area contributed by atoms with Crippen molar-refractivity contribution < 1.29 is 19.5 Å². The van der Waals surface area contributed by atoms with Gasteiger partial charge in [0.15, 0.2) is 0 Å². The van der Waals surface area contributed by atoms with Gasteiger partial charge in [0.05, 0.1) is 6.54 Å². The van der Waals surface area contributed by atoms with E-state index in [0.29, 0.717) is 6.42 Å². The standard InChI is InChI=1S/C17H32N4O4.ClH/c1-4-7-12(18)15(23)16(24)19-10-13(22)20-14(17(25)21(2)3)11-8-5-6-9-11;/h11-12,14-15,23H,4-10,18H2,1-3H3,(H,19,24)(H,20,22);1H/t12-,14-,15?;/m0./s1. The molecule has 8 nitrogen and oxygen atoms in total. The molecule has 1 fully saturated rings. The van der Waals surface area contributed by atoms with Crippen molar-refractivity contribution in [3.8, 4) is 0 Å². The zero-order valence-corrected chi connectivity index (χ0v) is 16.7. The number of nitrogens with one attached hydrogen (secondary N) is 2. The summed E-state index contributed by atoms with van der Waals surface area (Å²) in [5.74, 6) is -1.14. The highest BCUT2D eigenvalue weighted by molar-refractivity contribution is 5.91. The number of hydrogen-bond donors (Lipinski definition) is 4. The molecule has 0 aliphatic heterocycles. The number of likely N-dealkylation sites (N-methyl/N-ethyl adjacent to an activating group) is 1. The molecule has 1 aliphatic rings. The predicted octanol–water partition coefficient (Wildman–Crippen LogP) is -0.224. The normalized spacial score (nSPS) is 17.6. The Morgan fingerprint density at radius 2 is 1.81 bits per heavy atom. The van der Waals surface area contributed by atoms with Gasteiger partial charge in [-0.1, -0.05) is 26.2 Å². The van der Waals surface area contributed by atoms with E-state index in [1.54, 1.807) is 14.1 Å². The van der Waals surface area contributed by atoms with E-state index in [-0.39, 0.29) is 30.8 Å². The number of halogens is 1. The van der Waals surface area contributed by atoms with Crippen LogP contribution >= 0.6 is 12.4 Å². The van der Waals surface area contributed by atoms with Gasteiger partial charge in [-0.3, -0.25) is 14.4 Å². The lowest BCUT2D eigenvalue weighted by Gasteiger charge is -2.26. The molecule has 26 heavy (non-hydrogen) atoms. The molecule has 5 N–H and O–H groups in total. The van der Waals surface area contributed by atoms with Crippen LogP contribution in [-0.2, 0) is 14.4 Å². The lowest BCUT2D eigenvalue weighted by atomic mass is 9.97. The molecule has 1 saturated carbocycles. The van der Waals surface area contributed by atoms with E-state index in [1.807, 2.05) is 6.92 Å². The highest BCUT2D eigenvalue weighted by atomic mass is 35.5. The van der Waals surface area contributed by atoms with E-state index in [9.17, 15) is 19.5 Å². The maximum absolute atomic E-state index is 12.3. The molecule has 1 rings (SSSR count). The second-order valence-corrected chi connectivity index (χ2v) is 6.94. The second-order valence-electron chi connectivity index (χ2n) is 6.94. The van der Waals surface area contributed by atoms with E-state index >= 15 is 0 Å². The molecule has 0 aromatic carbocycles. The van der Waals surface area contributed by atoms with Crippen molar-refractivity contribution in [2.24, 2.45) is 11.7 Å². The molecular weight excluding hydrogens is 360 g/mol. The number of carbonyl (C=O) groups is 3. The number of aliphatic hydroxyl groups excluding tert-OH is 1. The summed E-state index contributed by atoms with van der Waals surface area (Å²) in [6, 6.07) is -1.23. The Kier molecular flexibility index (Phi) is 11.4. The minimum Gasteiger partial charge on any atom is -0.382 e. The number of nitrogens with zero attached hydrogens (tertiary/aromatic N) is 1. The quantitative estimate of drug-likeness (QED) is 0.431. The van der Waals surface area contributed by atoms with Gasteiger partial charge in [0.2, 0.25) is 11.8 Å². The number of amides is 3. The number of carbonyl (C=O) groups excluding carboxylic acids is 3. The highest BCUT2D eigenvalue weighted by Crippen LogP contribution is 2.28. The molecule has 3 amide bonds. The van der Waals surface area contributed by atoms with Crippen LogP contribution in [0.3, 0.4) is 0 Å². The Labute approximate surface area is 161 Å². The van der Waals surface area contributed by atoms with Crippen LogP contribution in [0.4, 0.5) is 0 Å². The fourth-order valence-corrected chi connectivity index (χ4v) is 3.13. The van der Waals surface area contributed by atoms with Gasteiger partial charge in [0.1, 0.15) is 12.1 Å². The third-order valence-corrected chi connectivity index (χ3v) is 4.61. The summed E-state index contributed by atoms with van der Waals surface area (Å²) in [5.41, 5.74) is 5.71. The molecule has 0 saturated heterocycles. The van der Waals surface area contributed by atoms with Crippen LogP contribution in [-0.4, -0.2) is 66.6 Å². The van der Waals surface area contributed by atoms with Crippen LogP contribution in [0.1, 0.15) is 45.4 Å². The average molecular weight is 393 g/mol. The zero-order chi connectivity index (χ0) is 19.0. The lowest BCUT2D eigenvalue weighted by Crippen LogP contribution is -2.53. The third kappa shape index (κ3) is 7.47. The summed E-state index contributed by atoms with van der Waals surface area (Å²) in [6.07, 6.45) is 3.83. The third-order valence-electron chi connectivity index (χ3n) is 4.61. The molecule has 3 atom stereocenters. The van der Waals surface area contributed by atoms with E-state index in [4.69, 9.17) is 5.73 Å². The van der Waals surface area contributed by atoms with Crippen molar-refractivity contribution in [1.29, 1.82) is 0 Å². The first-order valence-corrected chi connectivity index (χ1v) is 8.99. The Hall–Kier alpha value is -1.38. The summed E-state index contributed by atoms with van der Waals surface area (Å²) in [5, 5.41) is 14.9. The Bertz CT molecular complexity index is 470. The van der Waals surface area contributed by atoms with Crippen molar-refractivity contribution in [2.45, 2.75) is 63.6 Å². The Balaban J connectivity index is 0.00000625. The van der Waals surface area contributed by atoms with Gasteiger partial charge in [0.25, 0.3) is 5.91 Å². The van der Waals surface area contributed by atoms with Gasteiger partial charge in [-0.25, -0.2) is 0 Å². The molecule has 1 unspecified atom stereocenters. The summed E-state index contributed by atoms with van der Waals surface area (Å²) in [6.45, 7) is 1.61. The minimum atomic E-state index is -1.35. The number of aliphatic hydroxyl groups is 1. The lowest BCUT2D eigenvalue weighted by molar-refractivity contribution is -0.136. The Morgan fingerprint density at radius 3 is 2.31 bits per heavy atom. The van der Waals surface area contributed by atoms with Crippen LogP contribution < -0.4 is 16.4 Å². The molecule has 0 bridgehead atoms. The summed E-state index contributed by atoms with van der Waals surface area (Å²) in [7, 11) is 3.31. The van der Waals surface area contributed by atoms with Gasteiger partial charge < -0.3 is 26.4 Å². The molecule has 9 heteroatoms. The van der Waals surface area contributed by atoms with Crippen LogP contribution in [0.2, 0.25) is 0 Å². The smallest absolute Gasteiger partial charge is 0.250 e. The fourth-order valence-electron chi connectivity index (χ4n) is 3.13. The van der Waals surface area contributed by atoms with E-state index in [1.165, 1.54) is 4.90 Å². The van der Waals surface area contributed by atoms with Gasteiger partial charge in [-0.05, 0) is 25.2 Å². The highest BCUT2D eigenvalue weighted by Gasteiger charge is 2.33. The van der Waals surface area contributed by atoms with Crippen molar-refractivity contribution in [2.75, 3.05) is 20.6 Å². The van der Waals surface area contributed by atoms with Gasteiger partial charge in [-0.2, -0.15) is 0 Å². The van der Waals surface area contributed by atoms with Crippen molar-refractivity contribution in [3.63, 3.8) is 0 Å². The summed E-state index contributed by atoms with van der Waals surface area (Å²) < 4.78 is 0. The SMILES string of the molecule is CCC[C@H](N)C(O)C(=O)NCC(=O)N[C@H](C(=O)N(C)C)C1CCCC1.Cl. The molecule has 0 radical (unpaired) electrons. The van der Waals surface area contributed by atoms with Crippen molar-refractivity contribution in [1.82, 2.24) is 15.5 Å². The van der Waals surface area contributed by atoms with Gasteiger partial charge in [-0.15, -0.1) is 12.4 Å². The molecule has 0 spiro atoms. The topological polar surface area (TPSA) is 125 Å². The molecule has 0 aromatic rings. The zero-order valence-electron chi connectivity index (χ0n) is 15.9. The maximum Gasteiger partial charge on any atom is 0.250 e. The van der Waals surface area contributed by atoms with E-state index in [0.717, 1.165) is 32.1 Å². The monoisotopic (exact) mass is 392 g/mol. The number of rotatable bonds is 9.